The van der Waals surface area contributed by atoms with Gasteiger partial charge in [-0.1, -0.05) is 54.6 Å². The van der Waals surface area contributed by atoms with Crippen molar-refractivity contribution >= 4 is 5.91 Å². The average Bonchev–Trinajstić information content (AvgIpc) is 2.96. The molecule has 1 N–H and O–H groups in total. The minimum atomic E-state index is -0.00614. The Balaban J connectivity index is 1.25. The maximum absolute atomic E-state index is 13.3. The summed E-state index contributed by atoms with van der Waals surface area (Å²) in [7, 11) is 0. The first-order valence-electron chi connectivity index (χ1n) is 14.8. The van der Waals surface area contributed by atoms with E-state index in [-0.39, 0.29) is 11.9 Å². The van der Waals surface area contributed by atoms with Crippen molar-refractivity contribution in [1.82, 2.24) is 15.1 Å². The largest absolute Gasteiger partial charge is 0.491 e. The van der Waals surface area contributed by atoms with Crippen LogP contribution in [-0.4, -0.2) is 67.2 Å². The van der Waals surface area contributed by atoms with Gasteiger partial charge in [-0.05, 0) is 67.1 Å². The minimum absolute atomic E-state index is 0.00614. The Labute approximate surface area is 239 Å². The van der Waals surface area contributed by atoms with Crippen molar-refractivity contribution in [3.8, 4) is 5.75 Å². The van der Waals surface area contributed by atoms with E-state index in [1.54, 1.807) is 0 Å². The molecule has 0 spiro atoms. The lowest BCUT2D eigenvalue weighted by atomic mass is 9.99. The summed E-state index contributed by atoms with van der Waals surface area (Å²) in [6, 6.07) is 25.8. The van der Waals surface area contributed by atoms with Crippen molar-refractivity contribution in [2.75, 3.05) is 39.5 Å². The van der Waals surface area contributed by atoms with E-state index in [0.29, 0.717) is 37.8 Å². The predicted octanol–water partition coefficient (Wildman–Crippen LogP) is 5.29. The lowest BCUT2D eigenvalue weighted by Gasteiger charge is -2.32. The molecule has 40 heavy (non-hydrogen) atoms. The van der Waals surface area contributed by atoms with E-state index in [1.807, 2.05) is 18.2 Å². The first kappa shape index (κ1) is 28.3. The van der Waals surface area contributed by atoms with Gasteiger partial charge in [0.1, 0.15) is 12.4 Å². The Hall–Kier alpha value is -3.19. The highest BCUT2D eigenvalue weighted by atomic mass is 16.5. The Bertz CT molecular complexity index is 1240. The summed E-state index contributed by atoms with van der Waals surface area (Å²) in [5.41, 5.74) is 5.57. The topological polar surface area (TPSA) is 54.0 Å². The summed E-state index contributed by atoms with van der Waals surface area (Å²) < 4.78 is 12.0. The fourth-order valence-electron chi connectivity index (χ4n) is 5.65. The van der Waals surface area contributed by atoms with Crippen molar-refractivity contribution in [1.29, 1.82) is 0 Å². The lowest BCUT2D eigenvalue weighted by molar-refractivity contribution is 0.0695. The van der Waals surface area contributed by atoms with Crippen molar-refractivity contribution in [3.63, 3.8) is 0 Å². The highest BCUT2D eigenvalue weighted by molar-refractivity contribution is 5.94. The van der Waals surface area contributed by atoms with Crippen molar-refractivity contribution in [3.05, 3.63) is 101 Å². The van der Waals surface area contributed by atoms with Crippen LogP contribution in [0.1, 0.15) is 59.3 Å². The molecule has 5 rings (SSSR count). The second-order valence-electron chi connectivity index (χ2n) is 11.4. The summed E-state index contributed by atoms with van der Waals surface area (Å²) in [6.45, 7) is 10.9. The molecule has 212 valence electrons. The number of nitrogens with zero attached hydrogens (tertiary/aromatic N) is 2. The van der Waals surface area contributed by atoms with Crippen LogP contribution in [-0.2, 0) is 24.2 Å². The molecule has 0 unspecified atom stereocenters. The van der Waals surface area contributed by atoms with Crippen molar-refractivity contribution < 1.29 is 14.3 Å². The number of likely N-dealkylation sites (tertiary alicyclic amines) is 1. The lowest BCUT2D eigenvalue weighted by Crippen LogP contribution is -2.44. The summed E-state index contributed by atoms with van der Waals surface area (Å²) in [5, 5.41) is 3.30. The van der Waals surface area contributed by atoms with Gasteiger partial charge in [0.05, 0.1) is 13.2 Å². The molecule has 2 bridgehead atoms. The zero-order chi connectivity index (χ0) is 27.7. The number of amides is 1. The van der Waals surface area contributed by atoms with Gasteiger partial charge in [-0.25, -0.2) is 0 Å². The van der Waals surface area contributed by atoms with Gasteiger partial charge in [0.25, 0.3) is 5.91 Å². The number of hydrogen-bond donors (Lipinski definition) is 1. The third-order valence-electron chi connectivity index (χ3n) is 8.00. The molecule has 1 amide bonds. The molecule has 0 atom stereocenters. The Morgan fingerprint density at radius 1 is 0.900 bits per heavy atom. The SMILES string of the molecule is CC(C)N1CCOCCOc2ccc(C(=O)NC3CCN(Cc4ccccc4)CC3)cc2Cc2cccc(c2)C1. The van der Waals surface area contributed by atoms with Gasteiger partial charge in [-0.2, -0.15) is 0 Å². The third kappa shape index (κ3) is 7.94. The van der Waals surface area contributed by atoms with Crippen LogP contribution in [0, 0.1) is 0 Å². The van der Waals surface area contributed by atoms with Crippen LogP contribution in [0.25, 0.3) is 0 Å². The summed E-state index contributed by atoms with van der Waals surface area (Å²) in [5.74, 6) is 0.814. The van der Waals surface area contributed by atoms with Crippen LogP contribution >= 0.6 is 0 Å². The van der Waals surface area contributed by atoms with E-state index in [2.05, 4.69) is 83.6 Å². The number of carbonyl (C=O) groups excluding carboxylic acids is 1. The number of nitrogens with one attached hydrogen (secondary N) is 1. The van der Waals surface area contributed by atoms with E-state index in [0.717, 1.165) is 56.9 Å². The van der Waals surface area contributed by atoms with Gasteiger partial charge in [-0.15, -0.1) is 0 Å². The molecule has 0 aromatic heterocycles. The van der Waals surface area contributed by atoms with Crippen LogP contribution in [0.15, 0.2) is 72.8 Å². The fraction of sp³-hybridized carbons (Fsp3) is 0.441. The Morgan fingerprint density at radius 2 is 1.70 bits per heavy atom. The number of hydrogen-bond acceptors (Lipinski definition) is 5. The molecule has 6 nitrogen and oxygen atoms in total. The Morgan fingerprint density at radius 3 is 2.50 bits per heavy atom. The molecule has 3 aromatic carbocycles. The Kier molecular flexibility index (Phi) is 9.87. The number of rotatable bonds is 5. The predicted molar refractivity (Wildman–Crippen MR) is 160 cm³/mol. The zero-order valence-corrected chi connectivity index (χ0v) is 24.0. The zero-order valence-electron chi connectivity index (χ0n) is 24.0. The number of piperidine rings is 1. The van der Waals surface area contributed by atoms with Gasteiger partial charge in [-0.3, -0.25) is 14.6 Å². The first-order chi connectivity index (χ1) is 19.5. The van der Waals surface area contributed by atoms with Crippen LogP contribution in [0.2, 0.25) is 0 Å². The normalized spacial score (nSPS) is 18.0. The van der Waals surface area contributed by atoms with Crippen molar-refractivity contribution in [2.24, 2.45) is 0 Å². The average molecular weight is 542 g/mol. The molecule has 6 heteroatoms. The molecule has 2 aliphatic heterocycles. The number of fused-ring (bicyclic) bond motifs is 3. The van der Waals surface area contributed by atoms with E-state index >= 15 is 0 Å². The smallest absolute Gasteiger partial charge is 0.251 e. The highest BCUT2D eigenvalue weighted by Gasteiger charge is 2.22. The highest BCUT2D eigenvalue weighted by Crippen LogP contribution is 2.25. The van der Waals surface area contributed by atoms with Crippen molar-refractivity contribution in [2.45, 2.75) is 58.3 Å². The van der Waals surface area contributed by atoms with E-state index in [1.165, 1.54) is 16.7 Å². The number of ether oxygens (including phenoxy) is 2. The van der Waals surface area contributed by atoms with E-state index in [9.17, 15) is 4.79 Å². The molecular formula is C34H43N3O3. The molecule has 2 heterocycles. The van der Waals surface area contributed by atoms with E-state index in [4.69, 9.17) is 9.47 Å². The molecule has 3 aromatic rings. The molecular weight excluding hydrogens is 498 g/mol. The second kappa shape index (κ2) is 13.9. The standard InChI is InChI=1S/C34H43N3O3/c1-26(2)37-17-18-39-19-20-40-33-12-11-30(23-31(33)22-28-9-6-10-29(21-28)25-37)34(38)35-32-13-15-36(16-14-32)24-27-7-4-3-5-8-27/h3-12,21,23,26,32H,13-20,22,24-25H2,1-2H3,(H,35,38). The maximum atomic E-state index is 13.3. The maximum Gasteiger partial charge on any atom is 0.251 e. The van der Waals surface area contributed by atoms with Crippen LogP contribution in [0.4, 0.5) is 0 Å². The summed E-state index contributed by atoms with van der Waals surface area (Å²) >= 11 is 0. The number of benzene rings is 3. The summed E-state index contributed by atoms with van der Waals surface area (Å²) in [4.78, 5) is 18.2. The fourth-order valence-corrected chi connectivity index (χ4v) is 5.65. The first-order valence-corrected chi connectivity index (χ1v) is 14.8. The molecule has 0 aliphatic carbocycles. The van der Waals surface area contributed by atoms with Crippen LogP contribution in [0.3, 0.4) is 0 Å². The second-order valence-corrected chi connectivity index (χ2v) is 11.4. The quantitative estimate of drug-likeness (QED) is 0.476. The molecule has 1 fully saturated rings. The van der Waals surface area contributed by atoms with Gasteiger partial charge in [0, 0.05) is 56.8 Å². The summed E-state index contributed by atoms with van der Waals surface area (Å²) in [6.07, 6.45) is 2.64. The van der Waals surface area contributed by atoms with Crippen LogP contribution < -0.4 is 10.1 Å². The molecule has 2 aliphatic rings. The third-order valence-corrected chi connectivity index (χ3v) is 8.00. The molecule has 1 saturated heterocycles. The van der Waals surface area contributed by atoms with Gasteiger partial charge in [0.15, 0.2) is 0 Å². The van der Waals surface area contributed by atoms with Gasteiger partial charge in [0.2, 0.25) is 0 Å². The van der Waals surface area contributed by atoms with E-state index < -0.39 is 0 Å². The monoisotopic (exact) mass is 541 g/mol. The van der Waals surface area contributed by atoms with Gasteiger partial charge >= 0.3 is 0 Å². The van der Waals surface area contributed by atoms with Crippen LogP contribution in [0.5, 0.6) is 5.75 Å². The molecule has 0 saturated carbocycles. The molecule has 0 radical (unpaired) electrons. The van der Waals surface area contributed by atoms with Gasteiger partial charge < -0.3 is 14.8 Å². The minimum Gasteiger partial charge on any atom is -0.491 e. The number of carbonyl (C=O) groups is 1.